The van der Waals surface area contributed by atoms with Crippen LogP contribution in [0.1, 0.15) is 31.0 Å². The summed E-state index contributed by atoms with van der Waals surface area (Å²) in [4.78, 5) is 4.21. The molecule has 1 saturated carbocycles. The molecular formula is C11H12N2O. The van der Waals surface area contributed by atoms with Crippen molar-refractivity contribution in [3.63, 3.8) is 0 Å². The minimum absolute atomic E-state index is 0.316. The van der Waals surface area contributed by atoms with Crippen LogP contribution in [0.25, 0.3) is 0 Å². The van der Waals surface area contributed by atoms with E-state index in [-0.39, 0.29) is 0 Å². The standard InChI is InChI=1S/C11H12N2O/c1-2-10-11(14-9-3-4-9)8(7-12)5-6-13-10/h5-6,9H,2-4H2,1H3. The first-order valence-electron chi connectivity index (χ1n) is 4.89. The second-order valence-electron chi connectivity index (χ2n) is 3.42. The van der Waals surface area contributed by atoms with Crippen LogP contribution in [0.4, 0.5) is 0 Å². The second-order valence-corrected chi connectivity index (χ2v) is 3.42. The van der Waals surface area contributed by atoms with Crippen molar-refractivity contribution in [3.8, 4) is 11.8 Å². The fraction of sp³-hybridized carbons (Fsp3) is 0.455. The van der Waals surface area contributed by atoms with Crippen molar-refractivity contribution < 1.29 is 4.74 Å². The van der Waals surface area contributed by atoms with Crippen molar-refractivity contribution >= 4 is 0 Å². The summed E-state index contributed by atoms with van der Waals surface area (Å²) in [7, 11) is 0. The number of aromatic nitrogens is 1. The van der Waals surface area contributed by atoms with Crippen molar-refractivity contribution in [2.75, 3.05) is 0 Å². The van der Waals surface area contributed by atoms with Gasteiger partial charge in [0.1, 0.15) is 6.07 Å². The Kier molecular flexibility index (Phi) is 2.36. The van der Waals surface area contributed by atoms with E-state index in [2.05, 4.69) is 11.1 Å². The number of ether oxygens (including phenoxy) is 1. The predicted molar refractivity (Wildman–Crippen MR) is 52.0 cm³/mol. The maximum Gasteiger partial charge on any atom is 0.158 e. The van der Waals surface area contributed by atoms with Crippen molar-refractivity contribution in [2.45, 2.75) is 32.3 Å². The van der Waals surface area contributed by atoms with E-state index in [4.69, 9.17) is 10.00 Å². The predicted octanol–water partition coefficient (Wildman–Crippen LogP) is 2.06. The lowest BCUT2D eigenvalue weighted by Gasteiger charge is -2.09. The molecule has 1 aromatic rings. The first-order valence-corrected chi connectivity index (χ1v) is 4.89. The molecule has 0 unspecified atom stereocenters. The lowest BCUT2D eigenvalue weighted by atomic mass is 10.2. The molecule has 0 amide bonds. The van der Waals surface area contributed by atoms with Crippen LogP contribution in [0.5, 0.6) is 5.75 Å². The first kappa shape index (κ1) is 9.01. The van der Waals surface area contributed by atoms with Crippen molar-refractivity contribution in [1.82, 2.24) is 4.98 Å². The van der Waals surface area contributed by atoms with Crippen LogP contribution in [-0.2, 0) is 6.42 Å². The Hall–Kier alpha value is -1.56. The number of aryl methyl sites for hydroxylation is 1. The van der Waals surface area contributed by atoms with Crippen molar-refractivity contribution in [1.29, 1.82) is 5.26 Å². The van der Waals surface area contributed by atoms with Gasteiger partial charge in [-0.25, -0.2) is 0 Å². The number of rotatable bonds is 3. The monoisotopic (exact) mass is 188 g/mol. The van der Waals surface area contributed by atoms with Gasteiger partial charge in [0.2, 0.25) is 0 Å². The van der Waals surface area contributed by atoms with Crippen LogP contribution in [0, 0.1) is 11.3 Å². The second kappa shape index (κ2) is 3.67. The highest BCUT2D eigenvalue weighted by Crippen LogP contribution is 2.30. The Morgan fingerprint density at radius 1 is 1.64 bits per heavy atom. The lowest BCUT2D eigenvalue weighted by molar-refractivity contribution is 0.297. The summed E-state index contributed by atoms with van der Waals surface area (Å²) in [5, 5.41) is 8.91. The largest absolute Gasteiger partial charge is 0.487 e. The summed E-state index contributed by atoms with van der Waals surface area (Å²) in [6.07, 6.45) is 4.98. The third kappa shape index (κ3) is 1.69. The molecule has 0 spiro atoms. The van der Waals surface area contributed by atoms with Crippen molar-refractivity contribution in [3.05, 3.63) is 23.5 Å². The summed E-state index contributed by atoms with van der Waals surface area (Å²) in [6, 6.07) is 3.84. The Morgan fingerprint density at radius 3 is 3.00 bits per heavy atom. The van der Waals surface area contributed by atoms with Crippen LogP contribution < -0.4 is 4.74 Å². The van der Waals surface area contributed by atoms with Gasteiger partial charge in [0.05, 0.1) is 17.4 Å². The molecule has 0 bridgehead atoms. The van der Waals surface area contributed by atoms with Gasteiger partial charge in [0, 0.05) is 6.20 Å². The van der Waals surface area contributed by atoms with E-state index in [9.17, 15) is 0 Å². The molecule has 1 heterocycles. The van der Waals surface area contributed by atoms with Gasteiger partial charge >= 0.3 is 0 Å². The molecule has 14 heavy (non-hydrogen) atoms. The molecule has 0 N–H and O–H groups in total. The molecule has 0 saturated heterocycles. The normalized spacial score (nSPS) is 14.9. The maximum absolute atomic E-state index is 8.91. The van der Waals surface area contributed by atoms with E-state index in [1.807, 2.05) is 6.92 Å². The highest BCUT2D eigenvalue weighted by atomic mass is 16.5. The highest BCUT2D eigenvalue weighted by Gasteiger charge is 2.25. The summed E-state index contributed by atoms with van der Waals surface area (Å²) in [6.45, 7) is 2.02. The third-order valence-electron chi connectivity index (χ3n) is 2.24. The average molecular weight is 188 g/mol. The summed E-state index contributed by atoms with van der Waals surface area (Å²) < 4.78 is 5.68. The first-order chi connectivity index (χ1) is 6.85. The van der Waals surface area contributed by atoms with E-state index in [1.165, 1.54) is 0 Å². The van der Waals surface area contributed by atoms with Crippen LogP contribution in [-0.4, -0.2) is 11.1 Å². The molecule has 0 aromatic carbocycles. The minimum Gasteiger partial charge on any atom is -0.487 e. The highest BCUT2D eigenvalue weighted by molar-refractivity contribution is 5.45. The molecule has 1 fully saturated rings. The van der Waals surface area contributed by atoms with Crippen molar-refractivity contribution in [2.24, 2.45) is 0 Å². The molecule has 1 aromatic heterocycles. The van der Waals surface area contributed by atoms with Gasteiger partial charge in [-0.3, -0.25) is 4.98 Å². The number of nitrogens with zero attached hydrogens (tertiary/aromatic N) is 2. The molecule has 72 valence electrons. The zero-order chi connectivity index (χ0) is 9.97. The Labute approximate surface area is 83.3 Å². The molecule has 1 aliphatic carbocycles. The number of nitriles is 1. The molecule has 3 heteroatoms. The maximum atomic E-state index is 8.91. The Bertz CT molecular complexity index is 377. The number of hydrogen-bond donors (Lipinski definition) is 0. The lowest BCUT2D eigenvalue weighted by Crippen LogP contribution is -2.03. The van der Waals surface area contributed by atoms with E-state index >= 15 is 0 Å². The quantitative estimate of drug-likeness (QED) is 0.729. The van der Waals surface area contributed by atoms with Gasteiger partial charge in [-0.15, -0.1) is 0 Å². The average Bonchev–Trinajstić information content (AvgIpc) is 3.02. The van der Waals surface area contributed by atoms with Crippen LogP contribution in [0.15, 0.2) is 12.3 Å². The minimum atomic E-state index is 0.316. The smallest absolute Gasteiger partial charge is 0.158 e. The Morgan fingerprint density at radius 2 is 2.43 bits per heavy atom. The SMILES string of the molecule is CCc1nccc(C#N)c1OC1CC1. The summed E-state index contributed by atoms with van der Waals surface area (Å²) in [5.74, 6) is 0.694. The molecule has 1 aliphatic rings. The van der Waals surface area contributed by atoms with E-state index in [0.717, 1.165) is 25.0 Å². The van der Waals surface area contributed by atoms with Gasteiger partial charge in [-0.2, -0.15) is 5.26 Å². The van der Waals surface area contributed by atoms with Gasteiger partial charge in [-0.05, 0) is 25.3 Å². The molecule has 0 radical (unpaired) electrons. The number of hydrogen-bond acceptors (Lipinski definition) is 3. The molecule has 2 rings (SSSR count). The topological polar surface area (TPSA) is 45.9 Å². The molecule has 3 nitrogen and oxygen atoms in total. The number of pyridine rings is 1. The zero-order valence-corrected chi connectivity index (χ0v) is 8.16. The molecule has 0 aliphatic heterocycles. The fourth-order valence-electron chi connectivity index (χ4n) is 1.32. The van der Waals surface area contributed by atoms with Gasteiger partial charge < -0.3 is 4.74 Å². The van der Waals surface area contributed by atoms with Gasteiger partial charge in [0.25, 0.3) is 0 Å². The Balaban J connectivity index is 2.35. The fourth-order valence-corrected chi connectivity index (χ4v) is 1.32. The van der Waals surface area contributed by atoms with Gasteiger partial charge in [-0.1, -0.05) is 6.92 Å². The molecule has 0 atom stereocenters. The summed E-state index contributed by atoms with van der Waals surface area (Å²) in [5.41, 5.74) is 1.49. The molecular weight excluding hydrogens is 176 g/mol. The zero-order valence-electron chi connectivity index (χ0n) is 8.16. The van der Waals surface area contributed by atoms with Crippen LogP contribution >= 0.6 is 0 Å². The van der Waals surface area contributed by atoms with E-state index < -0.39 is 0 Å². The van der Waals surface area contributed by atoms with E-state index in [0.29, 0.717) is 17.4 Å². The van der Waals surface area contributed by atoms with Crippen LogP contribution in [0.2, 0.25) is 0 Å². The third-order valence-corrected chi connectivity index (χ3v) is 2.24. The van der Waals surface area contributed by atoms with Crippen LogP contribution in [0.3, 0.4) is 0 Å². The van der Waals surface area contributed by atoms with Gasteiger partial charge in [0.15, 0.2) is 5.75 Å². The summed E-state index contributed by atoms with van der Waals surface area (Å²) >= 11 is 0. The van der Waals surface area contributed by atoms with E-state index in [1.54, 1.807) is 12.3 Å².